The molecule has 0 spiro atoms. The fourth-order valence-corrected chi connectivity index (χ4v) is 6.44. The van der Waals surface area contributed by atoms with Crippen LogP contribution in [-0.4, -0.2) is 101 Å². The number of nitrogens with one attached hydrogen (secondary N) is 1. The number of nitrogens with two attached hydrogens (primary N) is 2. The molecule has 4 rings (SSSR count). The van der Waals surface area contributed by atoms with Gasteiger partial charge in [-0.05, 0) is 51.4 Å². The lowest BCUT2D eigenvalue weighted by atomic mass is 9.53. The highest BCUT2D eigenvalue weighted by molar-refractivity contribution is 6.25. The highest BCUT2D eigenvalue weighted by Crippen LogP contribution is 2.54. The molecule has 14 heteroatoms. The Morgan fingerprint density at radius 2 is 1.80 bits per heavy atom. The fourth-order valence-electron chi connectivity index (χ4n) is 6.44. The van der Waals surface area contributed by atoms with Crippen LogP contribution >= 0.6 is 0 Å². The summed E-state index contributed by atoms with van der Waals surface area (Å²) in [5.74, 6) is -6.74. The Labute approximate surface area is 235 Å². The van der Waals surface area contributed by atoms with Crippen molar-refractivity contribution in [2.45, 2.75) is 43.5 Å². The summed E-state index contributed by atoms with van der Waals surface area (Å²) in [4.78, 5) is 54.5. The Morgan fingerprint density at radius 1 is 1.17 bits per heavy atom. The summed E-state index contributed by atoms with van der Waals surface area (Å²) in [6.07, 6.45) is -0.931. The number of rotatable bonds is 6. The molecule has 1 aromatic carbocycles. The first-order valence-corrected chi connectivity index (χ1v) is 12.9. The molecule has 0 radical (unpaired) electrons. The number of carbonyl (C=O) groups excluding carboxylic acids is 4. The number of phenolic OH excluding ortho intramolecular Hbond substituents is 1. The van der Waals surface area contributed by atoms with Gasteiger partial charge in [-0.3, -0.25) is 19.3 Å². The zero-order valence-corrected chi connectivity index (χ0v) is 23.4. The van der Waals surface area contributed by atoms with Gasteiger partial charge < -0.3 is 46.8 Å². The molecule has 1 aromatic rings. The first-order valence-electron chi connectivity index (χ1n) is 12.9. The van der Waals surface area contributed by atoms with Crippen molar-refractivity contribution in [3.8, 4) is 5.75 Å². The van der Waals surface area contributed by atoms with Gasteiger partial charge in [0.05, 0.1) is 23.8 Å². The molecule has 4 atom stereocenters. The fraction of sp³-hybridized carbons (Fsp3) is 0.481. The number of phenols is 1. The molecule has 3 aliphatic rings. The minimum absolute atomic E-state index is 0.0592. The van der Waals surface area contributed by atoms with E-state index < -0.39 is 69.5 Å². The van der Waals surface area contributed by atoms with Gasteiger partial charge in [0.25, 0.3) is 5.91 Å². The van der Waals surface area contributed by atoms with Crippen molar-refractivity contribution in [1.29, 1.82) is 0 Å². The van der Waals surface area contributed by atoms with Crippen molar-refractivity contribution >= 4 is 35.0 Å². The summed E-state index contributed by atoms with van der Waals surface area (Å²) in [6.45, 7) is 1.59. The normalized spacial score (nSPS) is 27.3. The Kier molecular flexibility index (Phi) is 7.31. The minimum Gasteiger partial charge on any atom is -0.508 e. The molecule has 0 unspecified atom stereocenters. The highest BCUT2D eigenvalue weighted by atomic mass is 16.5. The smallest absolute Gasteiger partial charge is 0.407 e. The molecule has 222 valence electrons. The van der Waals surface area contributed by atoms with Gasteiger partial charge in [-0.15, -0.1) is 0 Å². The molecule has 0 bridgehead atoms. The lowest BCUT2D eigenvalue weighted by Gasteiger charge is -2.56. The van der Waals surface area contributed by atoms with Crippen LogP contribution in [0.15, 0.2) is 23.0 Å². The number of anilines is 1. The van der Waals surface area contributed by atoms with Gasteiger partial charge >= 0.3 is 6.09 Å². The van der Waals surface area contributed by atoms with Crippen molar-refractivity contribution in [3.63, 3.8) is 0 Å². The SMILES string of the molecule is CCOC(=O)NCc1cc(N(C)C)c2c(c1O)C(O)=C1C(=O)[C@]3(O)C(O)=C(C(N)=O)C(=O)[C@H](N(C)C)[C@]3(N)C[C@@H]1C2. The molecule has 0 aromatic heterocycles. The molecular formula is C27H35N5O9. The molecule has 2 amide bonds. The number of hydrogen-bond donors (Lipinski definition) is 7. The topological polar surface area (TPSA) is 229 Å². The van der Waals surface area contributed by atoms with Gasteiger partial charge in [0.15, 0.2) is 11.5 Å². The van der Waals surface area contributed by atoms with Gasteiger partial charge in [0.2, 0.25) is 11.4 Å². The molecule has 1 saturated carbocycles. The van der Waals surface area contributed by atoms with E-state index in [4.69, 9.17) is 16.2 Å². The third-order valence-electron chi connectivity index (χ3n) is 8.15. The predicted octanol–water partition coefficient (Wildman–Crippen LogP) is -0.643. The number of primary amides is 1. The third-order valence-corrected chi connectivity index (χ3v) is 8.15. The number of aliphatic hydroxyl groups is 3. The van der Waals surface area contributed by atoms with Crippen molar-refractivity contribution in [1.82, 2.24) is 10.2 Å². The molecule has 41 heavy (non-hydrogen) atoms. The van der Waals surface area contributed by atoms with Crippen LogP contribution in [0.3, 0.4) is 0 Å². The Balaban J connectivity index is 1.96. The van der Waals surface area contributed by atoms with Gasteiger partial charge in [-0.25, -0.2) is 4.79 Å². The number of amides is 2. The number of Topliss-reactive ketones (excluding diaryl/α,β-unsaturated/α-hetero) is 2. The van der Waals surface area contributed by atoms with Crippen molar-refractivity contribution in [2.24, 2.45) is 17.4 Å². The van der Waals surface area contributed by atoms with Crippen molar-refractivity contribution in [2.75, 3.05) is 39.7 Å². The maximum atomic E-state index is 14.1. The zero-order chi connectivity index (χ0) is 30.8. The second kappa shape index (κ2) is 10.0. The summed E-state index contributed by atoms with van der Waals surface area (Å²) in [5, 5.41) is 48.1. The number of fused-ring (bicyclic) bond motifs is 3. The van der Waals surface area contributed by atoms with Crippen LogP contribution in [0.1, 0.15) is 30.0 Å². The predicted molar refractivity (Wildman–Crippen MR) is 146 cm³/mol. The van der Waals surface area contributed by atoms with Crippen molar-refractivity contribution in [3.05, 3.63) is 39.7 Å². The number of aliphatic hydroxyl groups excluding tert-OH is 2. The summed E-state index contributed by atoms with van der Waals surface area (Å²) in [6, 6.07) is 0.191. The summed E-state index contributed by atoms with van der Waals surface area (Å²) in [7, 11) is 6.40. The number of ether oxygens (including phenoxy) is 1. The van der Waals surface area contributed by atoms with E-state index in [1.807, 2.05) is 0 Å². The van der Waals surface area contributed by atoms with Gasteiger partial charge in [-0.2, -0.15) is 0 Å². The quantitative estimate of drug-likeness (QED) is 0.211. The number of alkyl carbamates (subject to hydrolysis) is 1. The molecule has 0 heterocycles. The standard InChI is InChI=1S/C27H35N5O9/c1-6-41-25(39)30-10-12-8-14(31(2)3)13-7-11-9-26(29)21(32(4)5)20(35)17(24(28)38)23(37)27(26,40)22(36)15(11)19(34)16(13)18(12)33/h8,11,21,33-34,37,40H,6-7,9-10,29H2,1-5H3,(H2,28,38)(H,30,39)/t11-,21-,26+,27-/m0/s1. The van der Waals surface area contributed by atoms with E-state index in [1.165, 1.54) is 19.0 Å². The Hall–Kier alpha value is -4.14. The summed E-state index contributed by atoms with van der Waals surface area (Å²) >= 11 is 0. The number of hydrogen-bond acceptors (Lipinski definition) is 12. The molecule has 1 fully saturated rings. The molecule has 9 N–H and O–H groups in total. The van der Waals surface area contributed by atoms with Crippen LogP contribution < -0.4 is 21.7 Å². The first-order chi connectivity index (χ1) is 19.0. The van der Waals surface area contributed by atoms with E-state index in [2.05, 4.69) is 5.32 Å². The average molecular weight is 574 g/mol. The van der Waals surface area contributed by atoms with Gasteiger partial charge in [0.1, 0.15) is 17.1 Å². The van der Waals surface area contributed by atoms with E-state index in [1.54, 1.807) is 32.0 Å². The molecular weight excluding hydrogens is 538 g/mol. The minimum atomic E-state index is -3.00. The van der Waals surface area contributed by atoms with E-state index in [9.17, 15) is 39.6 Å². The van der Waals surface area contributed by atoms with E-state index in [0.29, 0.717) is 11.3 Å². The maximum Gasteiger partial charge on any atom is 0.407 e. The lowest BCUT2D eigenvalue weighted by Crippen LogP contribution is -2.80. The number of benzene rings is 1. The molecule has 3 aliphatic carbocycles. The Bertz CT molecular complexity index is 1430. The molecule has 0 saturated heterocycles. The van der Waals surface area contributed by atoms with Crippen LogP contribution in [-0.2, 0) is 32.1 Å². The van der Waals surface area contributed by atoms with Gasteiger partial charge in [-0.1, -0.05) is 0 Å². The number of aromatic hydroxyl groups is 1. The van der Waals surface area contributed by atoms with E-state index in [0.717, 1.165) is 0 Å². The van der Waals surface area contributed by atoms with Crippen LogP contribution in [0.5, 0.6) is 5.75 Å². The molecule has 0 aliphatic heterocycles. The van der Waals surface area contributed by atoms with Crippen LogP contribution in [0, 0.1) is 5.92 Å². The van der Waals surface area contributed by atoms with Crippen LogP contribution in [0.2, 0.25) is 0 Å². The summed E-state index contributed by atoms with van der Waals surface area (Å²) < 4.78 is 4.87. The highest BCUT2D eigenvalue weighted by Gasteiger charge is 2.71. The van der Waals surface area contributed by atoms with Crippen LogP contribution in [0.25, 0.3) is 5.76 Å². The largest absolute Gasteiger partial charge is 0.508 e. The van der Waals surface area contributed by atoms with Gasteiger partial charge in [0, 0.05) is 37.5 Å². The zero-order valence-electron chi connectivity index (χ0n) is 23.4. The monoisotopic (exact) mass is 573 g/mol. The second-order valence-electron chi connectivity index (χ2n) is 11.0. The van der Waals surface area contributed by atoms with E-state index >= 15 is 0 Å². The molecule has 14 nitrogen and oxygen atoms in total. The average Bonchev–Trinajstić information content (AvgIpc) is 2.85. The lowest BCUT2D eigenvalue weighted by molar-refractivity contribution is -0.157. The van der Waals surface area contributed by atoms with Crippen LogP contribution in [0.4, 0.5) is 10.5 Å². The first kappa shape index (κ1) is 29.8. The second-order valence-corrected chi connectivity index (χ2v) is 11.0. The number of nitrogens with zero attached hydrogens (tertiary/aromatic N) is 2. The number of likely N-dealkylation sites (N-methyl/N-ethyl adjacent to an activating group) is 1. The number of carbonyl (C=O) groups is 4. The third kappa shape index (κ3) is 4.12. The summed E-state index contributed by atoms with van der Waals surface area (Å²) in [5.41, 5.74) is 6.77. The number of ketones is 2. The van der Waals surface area contributed by atoms with Crippen molar-refractivity contribution < 1.29 is 44.3 Å². The Morgan fingerprint density at radius 3 is 2.34 bits per heavy atom. The maximum absolute atomic E-state index is 14.1. The van der Waals surface area contributed by atoms with E-state index in [-0.39, 0.29) is 42.7 Å².